The molecule has 9 heavy (non-hydrogen) atoms. The Labute approximate surface area is 63.2 Å². The molecule has 0 bridgehead atoms. The Balaban J connectivity index is 2.94. The SMILES string of the molecule is CN(C)n1cccc1Br. The van der Waals surface area contributed by atoms with Gasteiger partial charge < -0.3 is 5.01 Å². The van der Waals surface area contributed by atoms with Crippen LogP contribution in [0.1, 0.15) is 0 Å². The molecule has 1 aromatic heterocycles. The van der Waals surface area contributed by atoms with Crippen molar-refractivity contribution < 1.29 is 0 Å². The van der Waals surface area contributed by atoms with Crippen molar-refractivity contribution in [2.75, 3.05) is 19.1 Å². The quantitative estimate of drug-likeness (QED) is 0.649. The molecule has 0 amide bonds. The second-order valence-electron chi connectivity index (χ2n) is 2.02. The van der Waals surface area contributed by atoms with Gasteiger partial charge in [-0.05, 0) is 28.1 Å². The number of rotatable bonds is 1. The molecule has 1 heterocycles. The first kappa shape index (κ1) is 6.68. The summed E-state index contributed by atoms with van der Waals surface area (Å²) in [4.78, 5) is 0. The van der Waals surface area contributed by atoms with Crippen molar-refractivity contribution in [1.29, 1.82) is 0 Å². The van der Waals surface area contributed by atoms with Crippen LogP contribution in [-0.2, 0) is 0 Å². The van der Waals surface area contributed by atoms with E-state index in [0.29, 0.717) is 0 Å². The van der Waals surface area contributed by atoms with Crippen molar-refractivity contribution in [3.8, 4) is 0 Å². The third-order valence-electron chi connectivity index (χ3n) is 1.11. The van der Waals surface area contributed by atoms with Crippen molar-refractivity contribution in [3.05, 3.63) is 22.9 Å². The van der Waals surface area contributed by atoms with Gasteiger partial charge in [-0.2, -0.15) is 0 Å². The molecule has 0 N–H and O–H groups in total. The standard InChI is InChI=1S/C6H9BrN2/c1-8(2)9-5-3-4-6(9)7/h3-5H,1-2H3. The molecule has 0 aromatic carbocycles. The van der Waals surface area contributed by atoms with Gasteiger partial charge in [-0.3, -0.25) is 4.68 Å². The fourth-order valence-corrected chi connectivity index (χ4v) is 1.26. The third kappa shape index (κ3) is 1.27. The maximum atomic E-state index is 3.39. The molecular formula is C6H9BrN2. The van der Waals surface area contributed by atoms with Crippen molar-refractivity contribution in [2.45, 2.75) is 0 Å². The number of nitrogens with zero attached hydrogens (tertiary/aromatic N) is 2. The number of halogens is 1. The van der Waals surface area contributed by atoms with Crippen LogP contribution in [0.5, 0.6) is 0 Å². The van der Waals surface area contributed by atoms with E-state index in [1.807, 2.05) is 42.1 Å². The van der Waals surface area contributed by atoms with Gasteiger partial charge in [0.15, 0.2) is 0 Å². The van der Waals surface area contributed by atoms with Crippen molar-refractivity contribution in [2.24, 2.45) is 0 Å². The molecule has 0 radical (unpaired) electrons. The zero-order valence-electron chi connectivity index (χ0n) is 5.50. The third-order valence-corrected chi connectivity index (χ3v) is 1.74. The Hall–Kier alpha value is -0.440. The van der Waals surface area contributed by atoms with Crippen molar-refractivity contribution >= 4 is 15.9 Å². The summed E-state index contributed by atoms with van der Waals surface area (Å²) in [5.41, 5.74) is 0. The van der Waals surface area contributed by atoms with Crippen LogP contribution >= 0.6 is 15.9 Å². The van der Waals surface area contributed by atoms with Crippen LogP contribution in [-0.4, -0.2) is 18.8 Å². The molecular weight excluding hydrogens is 180 g/mol. The van der Waals surface area contributed by atoms with Crippen molar-refractivity contribution in [3.63, 3.8) is 0 Å². The van der Waals surface area contributed by atoms with Crippen LogP contribution < -0.4 is 5.01 Å². The second-order valence-corrected chi connectivity index (χ2v) is 2.84. The van der Waals surface area contributed by atoms with Gasteiger partial charge in [0.2, 0.25) is 0 Å². The summed E-state index contributed by atoms with van der Waals surface area (Å²) in [5, 5.41) is 1.99. The lowest BCUT2D eigenvalue weighted by Gasteiger charge is -2.14. The predicted molar refractivity (Wildman–Crippen MR) is 42.2 cm³/mol. The van der Waals surface area contributed by atoms with E-state index in [4.69, 9.17) is 0 Å². The largest absolute Gasteiger partial charge is 0.318 e. The van der Waals surface area contributed by atoms with Crippen LogP contribution in [0, 0.1) is 0 Å². The van der Waals surface area contributed by atoms with Crippen LogP contribution in [0.3, 0.4) is 0 Å². The van der Waals surface area contributed by atoms with E-state index < -0.39 is 0 Å². The van der Waals surface area contributed by atoms with E-state index in [2.05, 4.69) is 15.9 Å². The van der Waals surface area contributed by atoms with E-state index in [-0.39, 0.29) is 0 Å². The first-order valence-corrected chi connectivity index (χ1v) is 3.51. The van der Waals surface area contributed by atoms with Gasteiger partial charge >= 0.3 is 0 Å². The van der Waals surface area contributed by atoms with Gasteiger partial charge in [-0.1, -0.05) is 0 Å². The normalized spacial score (nSPS) is 9.67. The summed E-state index contributed by atoms with van der Waals surface area (Å²) in [6.45, 7) is 0. The van der Waals surface area contributed by atoms with Gasteiger partial charge in [-0.25, -0.2) is 0 Å². The summed E-state index contributed by atoms with van der Waals surface area (Å²) in [6, 6.07) is 3.99. The molecule has 0 atom stereocenters. The molecule has 0 unspecified atom stereocenters. The summed E-state index contributed by atoms with van der Waals surface area (Å²) < 4.78 is 3.08. The molecule has 3 heteroatoms. The van der Waals surface area contributed by atoms with Crippen LogP contribution in [0.15, 0.2) is 22.9 Å². The van der Waals surface area contributed by atoms with E-state index in [0.717, 1.165) is 4.60 Å². The van der Waals surface area contributed by atoms with E-state index in [9.17, 15) is 0 Å². The molecule has 0 saturated heterocycles. The minimum Gasteiger partial charge on any atom is -0.318 e. The first-order valence-electron chi connectivity index (χ1n) is 2.72. The highest BCUT2D eigenvalue weighted by Gasteiger charge is 1.94. The van der Waals surface area contributed by atoms with Gasteiger partial charge in [0, 0.05) is 20.3 Å². The van der Waals surface area contributed by atoms with Gasteiger partial charge in [0.05, 0.1) is 0 Å². The molecule has 1 aromatic rings. The Bertz CT molecular complexity index is 193. The lowest BCUT2D eigenvalue weighted by molar-refractivity contribution is 0.721. The lowest BCUT2D eigenvalue weighted by atomic mass is 10.7. The Kier molecular flexibility index (Phi) is 1.81. The molecule has 1 rings (SSSR count). The Morgan fingerprint density at radius 1 is 1.56 bits per heavy atom. The summed E-state index contributed by atoms with van der Waals surface area (Å²) in [7, 11) is 3.98. The number of hydrogen-bond donors (Lipinski definition) is 0. The summed E-state index contributed by atoms with van der Waals surface area (Å²) in [5.74, 6) is 0. The maximum Gasteiger partial charge on any atom is 0.105 e. The lowest BCUT2D eigenvalue weighted by Crippen LogP contribution is -2.23. The highest BCUT2D eigenvalue weighted by molar-refractivity contribution is 9.10. The van der Waals surface area contributed by atoms with Crippen LogP contribution in [0.2, 0.25) is 0 Å². The molecule has 0 aliphatic carbocycles. The Morgan fingerprint density at radius 3 is 2.44 bits per heavy atom. The van der Waals surface area contributed by atoms with Gasteiger partial charge in [0.1, 0.15) is 4.60 Å². The molecule has 0 aliphatic heterocycles. The summed E-state index contributed by atoms with van der Waals surface area (Å²) in [6.07, 6.45) is 1.99. The van der Waals surface area contributed by atoms with Crippen LogP contribution in [0.25, 0.3) is 0 Å². The van der Waals surface area contributed by atoms with E-state index >= 15 is 0 Å². The monoisotopic (exact) mass is 188 g/mol. The fourth-order valence-electron chi connectivity index (χ4n) is 0.676. The molecule has 0 aliphatic rings. The number of aromatic nitrogens is 1. The molecule has 0 fully saturated rings. The van der Waals surface area contributed by atoms with E-state index in [1.54, 1.807) is 0 Å². The number of hydrogen-bond acceptors (Lipinski definition) is 1. The second kappa shape index (κ2) is 2.43. The highest BCUT2D eigenvalue weighted by atomic mass is 79.9. The average molecular weight is 189 g/mol. The molecule has 0 spiro atoms. The molecule has 50 valence electrons. The zero-order valence-corrected chi connectivity index (χ0v) is 7.09. The predicted octanol–water partition coefficient (Wildman–Crippen LogP) is 1.45. The van der Waals surface area contributed by atoms with Gasteiger partial charge in [0.25, 0.3) is 0 Å². The fraction of sp³-hybridized carbons (Fsp3) is 0.333. The van der Waals surface area contributed by atoms with Gasteiger partial charge in [-0.15, -0.1) is 0 Å². The highest BCUT2D eigenvalue weighted by Crippen LogP contribution is 2.08. The minimum atomic E-state index is 1.08. The maximum absolute atomic E-state index is 3.39. The topological polar surface area (TPSA) is 8.17 Å². The first-order chi connectivity index (χ1) is 4.22. The minimum absolute atomic E-state index is 1.08. The van der Waals surface area contributed by atoms with Crippen molar-refractivity contribution in [1.82, 2.24) is 4.68 Å². The summed E-state index contributed by atoms with van der Waals surface area (Å²) >= 11 is 3.39. The smallest absolute Gasteiger partial charge is 0.105 e. The average Bonchev–Trinajstić information content (AvgIpc) is 2.13. The van der Waals surface area contributed by atoms with Crippen LogP contribution in [0.4, 0.5) is 0 Å². The molecule has 0 saturated carbocycles. The van der Waals surface area contributed by atoms with E-state index in [1.165, 1.54) is 0 Å². The zero-order chi connectivity index (χ0) is 6.85. The molecule has 2 nitrogen and oxygen atoms in total. The Morgan fingerprint density at radius 2 is 2.22 bits per heavy atom.